The second-order valence-corrected chi connectivity index (χ2v) is 4.37. The predicted molar refractivity (Wildman–Crippen MR) is 74.8 cm³/mol. The van der Waals surface area contributed by atoms with Crippen molar-refractivity contribution in [2.75, 3.05) is 5.32 Å². The molecule has 0 bridgehead atoms. The molecule has 98 valence electrons. The number of hydrogen-bond acceptors (Lipinski definition) is 3. The Morgan fingerprint density at radius 1 is 1.11 bits per heavy atom. The first-order valence-electron chi connectivity index (χ1n) is 6.44. The lowest BCUT2D eigenvalue weighted by Crippen LogP contribution is -2.15. The number of nitrogens with one attached hydrogen (secondary N) is 1. The summed E-state index contributed by atoms with van der Waals surface area (Å²) in [5.74, 6) is 0.421. The minimum absolute atomic E-state index is 0.0799. The summed E-state index contributed by atoms with van der Waals surface area (Å²) in [5.41, 5.74) is 1.93. The second kappa shape index (κ2) is 6.64. The largest absolute Gasteiger partial charge is 0.309 e. The Bertz CT molecular complexity index is 523. The zero-order chi connectivity index (χ0) is 13.5. The van der Waals surface area contributed by atoms with Crippen molar-refractivity contribution in [2.45, 2.75) is 26.2 Å². The van der Waals surface area contributed by atoms with Crippen molar-refractivity contribution in [3.05, 3.63) is 53.7 Å². The number of nitrogens with zero attached hydrogens (tertiary/aromatic N) is 2. The standard InChI is InChI=1S/C15H17N3O/c1-2-6-13-9-10-14(18-17-13)16-15(19)11-12-7-4-3-5-8-12/h3-5,7-10H,2,6,11H2,1H3,(H,16,18,19). The predicted octanol–water partition coefficient (Wildman–Crippen LogP) is 2.61. The Morgan fingerprint density at radius 3 is 2.53 bits per heavy atom. The highest BCUT2D eigenvalue weighted by molar-refractivity contribution is 5.91. The van der Waals surface area contributed by atoms with E-state index in [2.05, 4.69) is 22.4 Å². The molecule has 0 spiro atoms. The van der Waals surface area contributed by atoms with E-state index in [0.29, 0.717) is 12.2 Å². The third-order valence-corrected chi connectivity index (χ3v) is 2.70. The molecule has 0 saturated carbocycles. The van der Waals surface area contributed by atoms with Crippen LogP contribution < -0.4 is 5.32 Å². The Balaban J connectivity index is 1.91. The topological polar surface area (TPSA) is 54.9 Å². The maximum atomic E-state index is 11.8. The summed E-state index contributed by atoms with van der Waals surface area (Å²) in [6.45, 7) is 2.09. The molecule has 1 N–H and O–H groups in total. The molecule has 0 unspecified atom stereocenters. The fourth-order valence-electron chi connectivity index (χ4n) is 1.78. The molecule has 2 rings (SSSR count). The molecule has 4 nitrogen and oxygen atoms in total. The minimum atomic E-state index is -0.0799. The van der Waals surface area contributed by atoms with E-state index in [1.807, 2.05) is 36.4 Å². The van der Waals surface area contributed by atoms with Crippen molar-refractivity contribution in [3.8, 4) is 0 Å². The van der Waals surface area contributed by atoms with Gasteiger partial charge in [-0.2, -0.15) is 5.10 Å². The molecule has 0 radical (unpaired) electrons. The molecule has 2 aromatic rings. The van der Waals surface area contributed by atoms with Crippen LogP contribution in [0.5, 0.6) is 0 Å². The lowest BCUT2D eigenvalue weighted by molar-refractivity contribution is -0.115. The normalized spacial score (nSPS) is 10.2. The number of amides is 1. The summed E-state index contributed by atoms with van der Waals surface area (Å²) in [5, 5.41) is 10.8. The zero-order valence-corrected chi connectivity index (χ0v) is 11.0. The van der Waals surface area contributed by atoms with Crippen molar-refractivity contribution >= 4 is 11.7 Å². The number of aryl methyl sites for hydroxylation is 1. The molecule has 19 heavy (non-hydrogen) atoms. The summed E-state index contributed by atoms with van der Waals surface area (Å²) in [4.78, 5) is 11.8. The molecule has 0 aliphatic carbocycles. The number of hydrogen-bond donors (Lipinski definition) is 1. The van der Waals surface area contributed by atoms with E-state index in [1.165, 1.54) is 0 Å². The summed E-state index contributed by atoms with van der Waals surface area (Å²) in [6.07, 6.45) is 2.29. The van der Waals surface area contributed by atoms with E-state index in [-0.39, 0.29) is 5.91 Å². The summed E-state index contributed by atoms with van der Waals surface area (Å²) >= 11 is 0. The van der Waals surface area contributed by atoms with Gasteiger partial charge in [0.15, 0.2) is 5.82 Å². The summed E-state index contributed by atoms with van der Waals surface area (Å²) < 4.78 is 0. The van der Waals surface area contributed by atoms with E-state index >= 15 is 0 Å². The van der Waals surface area contributed by atoms with E-state index in [9.17, 15) is 4.79 Å². The van der Waals surface area contributed by atoms with Crippen LogP contribution in [0.25, 0.3) is 0 Å². The van der Waals surface area contributed by atoms with Crippen molar-refractivity contribution in [1.29, 1.82) is 0 Å². The van der Waals surface area contributed by atoms with Gasteiger partial charge in [-0.3, -0.25) is 4.79 Å². The van der Waals surface area contributed by atoms with Gasteiger partial charge in [-0.1, -0.05) is 43.7 Å². The Labute approximate surface area is 112 Å². The molecule has 0 atom stereocenters. The maximum absolute atomic E-state index is 11.8. The quantitative estimate of drug-likeness (QED) is 0.893. The van der Waals surface area contributed by atoms with Crippen LogP contribution in [0.1, 0.15) is 24.6 Å². The average Bonchev–Trinajstić information content (AvgIpc) is 2.42. The van der Waals surface area contributed by atoms with Gasteiger partial charge < -0.3 is 5.32 Å². The van der Waals surface area contributed by atoms with Crippen LogP contribution in [0.15, 0.2) is 42.5 Å². The van der Waals surface area contributed by atoms with Crippen LogP contribution in [0, 0.1) is 0 Å². The highest BCUT2D eigenvalue weighted by Crippen LogP contribution is 2.06. The average molecular weight is 255 g/mol. The molecule has 0 fully saturated rings. The van der Waals surface area contributed by atoms with Crippen LogP contribution in [0.3, 0.4) is 0 Å². The highest BCUT2D eigenvalue weighted by Gasteiger charge is 2.05. The molecule has 0 aliphatic rings. The van der Waals surface area contributed by atoms with E-state index in [4.69, 9.17) is 0 Å². The fraction of sp³-hybridized carbons (Fsp3) is 0.267. The zero-order valence-electron chi connectivity index (χ0n) is 11.0. The third kappa shape index (κ3) is 4.17. The van der Waals surface area contributed by atoms with Gasteiger partial charge in [0.05, 0.1) is 12.1 Å². The molecule has 0 aliphatic heterocycles. The Kier molecular flexibility index (Phi) is 4.61. The van der Waals surface area contributed by atoms with Crippen molar-refractivity contribution in [3.63, 3.8) is 0 Å². The Morgan fingerprint density at radius 2 is 1.89 bits per heavy atom. The number of anilines is 1. The van der Waals surface area contributed by atoms with Crippen LogP contribution in [0.4, 0.5) is 5.82 Å². The SMILES string of the molecule is CCCc1ccc(NC(=O)Cc2ccccc2)nn1. The first-order chi connectivity index (χ1) is 9.28. The van der Waals surface area contributed by atoms with Crippen LogP contribution in [-0.2, 0) is 17.6 Å². The van der Waals surface area contributed by atoms with E-state index in [0.717, 1.165) is 24.1 Å². The van der Waals surface area contributed by atoms with Gasteiger partial charge in [0, 0.05) is 0 Å². The van der Waals surface area contributed by atoms with Crippen molar-refractivity contribution in [2.24, 2.45) is 0 Å². The van der Waals surface area contributed by atoms with Crippen LogP contribution in [-0.4, -0.2) is 16.1 Å². The Hall–Kier alpha value is -2.23. The number of rotatable bonds is 5. The molecular weight excluding hydrogens is 238 g/mol. The van der Waals surface area contributed by atoms with Gasteiger partial charge in [-0.25, -0.2) is 0 Å². The van der Waals surface area contributed by atoms with Gasteiger partial charge in [0.2, 0.25) is 5.91 Å². The van der Waals surface area contributed by atoms with Crippen molar-refractivity contribution < 1.29 is 4.79 Å². The molecule has 4 heteroatoms. The first-order valence-corrected chi connectivity index (χ1v) is 6.44. The smallest absolute Gasteiger partial charge is 0.229 e. The van der Waals surface area contributed by atoms with E-state index < -0.39 is 0 Å². The molecular formula is C15H17N3O. The van der Waals surface area contributed by atoms with Gasteiger partial charge in [-0.05, 0) is 24.1 Å². The maximum Gasteiger partial charge on any atom is 0.229 e. The lowest BCUT2D eigenvalue weighted by Gasteiger charge is -2.04. The second-order valence-electron chi connectivity index (χ2n) is 4.37. The van der Waals surface area contributed by atoms with Gasteiger partial charge in [-0.15, -0.1) is 5.10 Å². The lowest BCUT2D eigenvalue weighted by atomic mass is 10.1. The fourth-order valence-corrected chi connectivity index (χ4v) is 1.78. The van der Waals surface area contributed by atoms with Crippen molar-refractivity contribution in [1.82, 2.24) is 10.2 Å². The number of aromatic nitrogens is 2. The molecule has 1 aromatic carbocycles. The third-order valence-electron chi connectivity index (χ3n) is 2.70. The number of carbonyl (C=O) groups is 1. The van der Waals surface area contributed by atoms with Gasteiger partial charge in [0.25, 0.3) is 0 Å². The molecule has 1 aromatic heterocycles. The minimum Gasteiger partial charge on any atom is -0.309 e. The highest BCUT2D eigenvalue weighted by atomic mass is 16.1. The number of carbonyl (C=O) groups excluding carboxylic acids is 1. The molecule has 1 amide bonds. The summed E-state index contributed by atoms with van der Waals surface area (Å²) in [6, 6.07) is 13.3. The monoisotopic (exact) mass is 255 g/mol. The van der Waals surface area contributed by atoms with E-state index in [1.54, 1.807) is 6.07 Å². The first kappa shape index (κ1) is 13.2. The molecule has 1 heterocycles. The van der Waals surface area contributed by atoms with Crippen LogP contribution >= 0.6 is 0 Å². The van der Waals surface area contributed by atoms with Crippen LogP contribution in [0.2, 0.25) is 0 Å². The van der Waals surface area contributed by atoms with Gasteiger partial charge >= 0.3 is 0 Å². The molecule has 0 saturated heterocycles. The van der Waals surface area contributed by atoms with Gasteiger partial charge in [0.1, 0.15) is 0 Å². The number of benzene rings is 1. The summed E-state index contributed by atoms with van der Waals surface area (Å²) in [7, 11) is 0.